The maximum absolute atomic E-state index is 13.2. The van der Waals surface area contributed by atoms with Gasteiger partial charge in [-0.3, -0.25) is 10.1 Å². The van der Waals surface area contributed by atoms with Crippen molar-refractivity contribution in [1.82, 2.24) is 15.2 Å². The third-order valence-electron chi connectivity index (χ3n) is 5.01. The van der Waals surface area contributed by atoms with Gasteiger partial charge in [0.15, 0.2) is 0 Å². The molecule has 0 radical (unpaired) electrons. The maximum atomic E-state index is 13.2. The molecule has 0 aliphatic heterocycles. The van der Waals surface area contributed by atoms with Crippen LogP contribution in [0.1, 0.15) is 10.4 Å². The third kappa shape index (κ3) is 3.79. The molecule has 32 heavy (non-hydrogen) atoms. The summed E-state index contributed by atoms with van der Waals surface area (Å²) in [4.78, 5) is 17.9. The number of hydrogen-bond acceptors (Lipinski definition) is 6. The molecule has 156 valence electrons. The van der Waals surface area contributed by atoms with E-state index in [-0.39, 0.29) is 11.9 Å². The summed E-state index contributed by atoms with van der Waals surface area (Å²) >= 11 is 0. The highest BCUT2D eigenvalue weighted by atomic mass is 16.5. The number of carbonyl (C=O) groups is 1. The SMILES string of the molecule is COc1ccc(-c2nnc(NC(=O)c3cc(-c4ccccc4)nc4ccccc34)o2)cc1. The molecule has 0 atom stereocenters. The summed E-state index contributed by atoms with van der Waals surface area (Å²) in [6.07, 6.45) is 0. The Kier molecular flexibility index (Phi) is 5.05. The van der Waals surface area contributed by atoms with E-state index >= 15 is 0 Å². The lowest BCUT2D eigenvalue weighted by molar-refractivity contribution is 0.102. The van der Waals surface area contributed by atoms with Gasteiger partial charge < -0.3 is 9.15 Å². The van der Waals surface area contributed by atoms with E-state index in [0.29, 0.717) is 17.1 Å². The molecule has 2 aromatic heterocycles. The number of nitrogens with zero attached hydrogens (tertiary/aromatic N) is 3. The fraction of sp³-hybridized carbons (Fsp3) is 0.0400. The van der Waals surface area contributed by atoms with Crippen LogP contribution in [0.5, 0.6) is 5.75 Å². The van der Waals surface area contributed by atoms with Crippen LogP contribution in [0.25, 0.3) is 33.6 Å². The summed E-state index contributed by atoms with van der Waals surface area (Å²) < 4.78 is 10.8. The highest BCUT2D eigenvalue weighted by molar-refractivity contribution is 6.12. The number of pyridine rings is 1. The Morgan fingerprint density at radius 2 is 1.62 bits per heavy atom. The zero-order chi connectivity index (χ0) is 21.9. The smallest absolute Gasteiger partial charge is 0.322 e. The molecule has 0 bridgehead atoms. The molecule has 0 saturated heterocycles. The minimum absolute atomic E-state index is 0.0166. The zero-order valence-corrected chi connectivity index (χ0v) is 17.1. The molecular weight excluding hydrogens is 404 g/mol. The van der Waals surface area contributed by atoms with E-state index in [1.54, 1.807) is 37.4 Å². The second-order valence-electron chi connectivity index (χ2n) is 7.03. The Morgan fingerprint density at radius 1 is 0.875 bits per heavy atom. The van der Waals surface area contributed by atoms with Gasteiger partial charge in [-0.15, -0.1) is 5.10 Å². The van der Waals surface area contributed by atoms with Gasteiger partial charge in [-0.2, -0.15) is 0 Å². The minimum atomic E-state index is -0.356. The van der Waals surface area contributed by atoms with Crippen molar-refractivity contribution in [2.45, 2.75) is 0 Å². The molecule has 1 N–H and O–H groups in total. The molecule has 5 aromatic rings. The fourth-order valence-corrected chi connectivity index (χ4v) is 3.41. The lowest BCUT2D eigenvalue weighted by Crippen LogP contribution is -2.13. The Bertz CT molecular complexity index is 1400. The Labute approximate surface area is 183 Å². The molecule has 2 heterocycles. The van der Waals surface area contributed by atoms with Gasteiger partial charge in [-0.05, 0) is 36.4 Å². The van der Waals surface area contributed by atoms with Crippen LogP contribution in [0.2, 0.25) is 0 Å². The molecule has 1 amide bonds. The number of hydrogen-bond donors (Lipinski definition) is 1. The van der Waals surface area contributed by atoms with Crippen LogP contribution in [0.15, 0.2) is 89.3 Å². The predicted molar refractivity (Wildman–Crippen MR) is 121 cm³/mol. The zero-order valence-electron chi connectivity index (χ0n) is 17.1. The number of benzene rings is 3. The van der Waals surface area contributed by atoms with Crippen molar-refractivity contribution in [3.63, 3.8) is 0 Å². The first-order valence-corrected chi connectivity index (χ1v) is 9.96. The van der Waals surface area contributed by atoms with Gasteiger partial charge in [0, 0.05) is 16.5 Å². The number of nitrogens with one attached hydrogen (secondary N) is 1. The van der Waals surface area contributed by atoms with Crippen LogP contribution in [0, 0.1) is 0 Å². The van der Waals surface area contributed by atoms with Gasteiger partial charge in [0.2, 0.25) is 5.89 Å². The monoisotopic (exact) mass is 422 g/mol. The van der Waals surface area contributed by atoms with E-state index in [1.807, 2.05) is 54.6 Å². The van der Waals surface area contributed by atoms with Crippen molar-refractivity contribution < 1.29 is 13.9 Å². The standard InChI is InChI=1S/C25H18N4O3/c1-31-18-13-11-17(12-14-18)24-28-29-25(32-24)27-23(30)20-15-22(16-7-3-2-4-8-16)26-21-10-6-5-9-19(20)21/h2-15H,1H3,(H,27,29,30). The summed E-state index contributed by atoms with van der Waals surface area (Å²) in [6.45, 7) is 0. The predicted octanol–water partition coefficient (Wildman–Crippen LogP) is 5.21. The first-order chi connectivity index (χ1) is 15.7. The Hall–Kier alpha value is -4.52. The summed E-state index contributed by atoms with van der Waals surface area (Å²) in [7, 11) is 1.60. The van der Waals surface area contributed by atoms with E-state index in [1.165, 1.54) is 0 Å². The quantitative estimate of drug-likeness (QED) is 0.418. The van der Waals surface area contributed by atoms with Gasteiger partial charge in [-0.1, -0.05) is 53.6 Å². The molecule has 0 spiro atoms. The molecule has 3 aromatic carbocycles. The highest BCUT2D eigenvalue weighted by Gasteiger charge is 2.17. The summed E-state index contributed by atoms with van der Waals surface area (Å²) in [5.74, 6) is 0.666. The summed E-state index contributed by atoms with van der Waals surface area (Å²) in [5, 5.41) is 11.4. The molecule has 7 nitrogen and oxygen atoms in total. The normalized spacial score (nSPS) is 10.8. The van der Waals surface area contributed by atoms with Crippen LogP contribution in [0.4, 0.5) is 6.01 Å². The van der Waals surface area contributed by atoms with E-state index in [2.05, 4.69) is 15.5 Å². The number of anilines is 1. The largest absolute Gasteiger partial charge is 0.497 e. The topological polar surface area (TPSA) is 90.1 Å². The minimum Gasteiger partial charge on any atom is -0.497 e. The number of rotatable bonds is 5. The van der Waals surface area contributed by atoms with Crippen molar-refractivity contribution in [2.24, 2.45) is 0 Å². The first-order valence-electron chi connectivity index (χ1n) is 9.96. The molecule has 7 heteroatoms. The van der Waals surface area contributed by atoms with Crippen molar-refractivity contribution in [2.75, 3.05) is 12.4 Å². The van der Waals surface area contributed by atoms with Gasteiger partial charge in [0.05, 0.1) is 23.9 Å². The summed E-state index contributed by atoms with van der Waals surface area (Å²) in [6, 6.07) is 26.2. The Balaban J connectivity index is 1.47. The van der Waals surface area contributed by atoms with Crippen LogP contribution in [0.3, 0.4) is 0 Å². The van der Waals surface area contributed by atoms with Crippen LogP contribution >= 0.6 is 0 Å². The highest BCUT2D eigenvalue weighted by Crippen LogP contribution is 2.26. The van der Waals surface area contributed by atoms with E-state index in [4.69, 9.17) is 14.1 Å². The maximum Gasteiger partial charge on any atom is 0.322 e. The van der Waals surface area contributed by atoms with Crippen LogP contribution in [-0.4, -0.2) is 28.2 Å². The van der Waals surface area contributed by atoms with Gasteiger partial charge >= 0.3 is 6.01 Å². The molecule has 0 saturated carbocycles. The molecule has 0 fully saturated rings. The van der Waals surface area contributed by atoms with E-state index < -0.39 is 0 Å². The van der Waals surface area contributed by atoms with Gasteiger partial charge in [0.25, 0.3) is 5.91 Å². The Morgan fingerprint density at radius 3 is 2.41 bits per heavy atom. The summed E-state index contributed by atoms with van der Waals surface area (Å²) in [5.41, 5.74) is 3.55. The van der Waals surface area contributed by atoms with Crippen molar-refractivity contribution in [1.29, 1.82) is 0 Å². The number of carbonyl (C=O) groups excluding carboxylic acids is 1. The second-order valence-corrected chi connectivity index (χ2v) is 7.03. The number of methoxy groups -OCH3 is 1. The van der Waals surface area contributed by atoms with Crippen molar-refractivity contribution >= 4 is 22.8 Å². The van der Waals surface area contributed by atoms with Gasteiger partial charge in [0.1, 0.15) is 5.75 Å². The van der Waals surface area contributed by atoms with E-state index in [0.717, 1.165) is 27.8 Å². The fourth-order valence-electron chi connectivity index (χ4n) is 3.41. The lowest BCUT2D eigenvalue weighted by atomic mass is 10.0. The molecule has 0 aliphatic carbocycles. The van der Waals surface area contributed by atoms with Gasteiger partial charge in [-0.25, -0.2) is 4.98 Å². The number of fused-ring (bicyclic) bond motifs is 1. The molecule has 5 rings (SSSR count). The molecule has 0 unspecified atom stereocenters. The average molecular weight is 422 g/mol. The number of aromatic nitrogens is 3. The van der Waals surface area contributed by atoms with Crippen LogP contribution < -0.4 is 10.1 Å². The number of para-hydroxylation sites is 1. The number of amides is 1. The van der Waals surface area contributed by atoms with E-state index in [9.17, 15) is 4.79 Å². The number of ether oxygens (including phenoxy) is 1. The third-order valence-corrected chi connectivity index (χ3v) is 5.01. The van der Waals surface area contributed by atoms with Crippen LogP contribution in [-0.2, 0) is 0 Å². The van der Waals surface area contributed by atoms with Crippen molar-refractivity contribution in [3.8, 4) is 28.5 Å². The average Bonchev–Trinajstić information content (AvgIpc) is 3.32. The molecular formula is C25H18N4O3. The first kappa shape index (κ1) is 19.4. The van der Waals surface area contributed by atoms with Crippen molar-refractivity contribution in [3.05, 3.63) is 90.5 Å². The lowest BCUT2D eigenvalue weighted by Gasteiger charge is -2.09. The molecule has 0 aliphatic rings. The second kappa shape index (κ2) is 8.31.